The van der Waals surface area contributed by atoms with Gasteiger partial charge in [0, 0.05) is 0 Å². The van der Waals surface area contributed by atoms with Gasteiger partial charge in [-0.3, -0.25) is 0 Å². The van der Waals surface area contributed by atoms with E-state index in [0.717, 1.165) is 0 Å². The third-order valence-electron chi connectivity index (χ3n) is 4.50. The molecule has 2 aromatic heterocycles. The van der Waals surface area contributed by atoms with Gasteiger partial charge in [0.05, 0.1) is 36.4 Å². The molecule has 0 saturated heterocycles. The third kappa shape index (κ3) is 4.68. The first-order valence-electron chi connectivity index (χ1n) is 9.70. The Morgan fingerprint density at radius 1 is 0.968 bits per heavy atom. The third-order valence-corrected chi connectivity index (χ3v) is 6.31. The summed E-state index contributed by atoms with van der Waals surface area (Å²) in [7, 11) is -3.83. The summed E-state index contributed by atoms with van der Waals surface area (Å²) in [6.45, 7) is 2.30. The lowest BCUT2D eigenvalue weighted by molar-refractivity contribution is 0.297. The van der Waals surface area contributed by atoms with Gasteiger partial charge >= 0.3 is 0 Å². The van der Waals surface area contributed by atoms with Crippen LogP contribution >= 0.6 is 0 Å². The van der Waals surface area contributed by atoms with Gasteiger partial charge in [0.25, 0.3) is 0 Å². The second-order valence-electron chi connectivity index (χ2n) is 6.61. The Bertz CT molecular complexity index is 1220. The number of furan rings is 1. The van der Waals surface area contributed by atoms with Crippen molar-refractivity contribution in [3.63, 3.8) is 0 Å². The summed E-state index contributed by atoms with van der Waals surface area (Å²) >= 11 is 0. The second kappa shape index (κ2) is 9.15. The van der Waals surface area contributed by atoms with Gasteiger partial charge in [0.1, 0.15) is 11.5 Å². The van der Waals surface area contributed by atoms with Gasteiger partial charge in [0.2, 0.25) is 21.7 Å². The monoisotopic (exact) mass is 439 g/mol. The van der Waals surface area contributed by atoms with Crippen LogP contribution in [0.25, 0.3) is 11.4 Å². The van der Waals surface area contributed by atoms with Gasteiger partial charge in [-0.15, -0.1) is 0 Å². The van der Waals surface area contributed by atoms with Crippen LogP contribution in [-0.2, 0) is 23.1 Å². The minimum atomic E-state index is -3.83. The number of rotatable bonds is 9. The van der Waals surface area contributed by atoms with E-state index in [0.29, 0.717) is 29.5 Å². The minimum Gasteiger partial charge on any atom is -0.493 e. The molecule has 0 aliphatic heterocycles. The zero-order valence-corrected chi connectivity index (χ0v) is 17.7. The number of ether oxygens (including phenoxy) is 1. The largest absolute Gasteiger partial charge is 0.493 e. The summed E-state index contributed by atoms with van der Waals surface area (Å²) in [4.78, 5) is 4.57. The van der Waals surface area contributed by atoms with E-state index in [1.54, 1.807) is 42.5 Å². The molecule has 8 nitrogen and oxygen atoms in total. The molecule has 4 aromatic rings. The molecule has 0 fully saturated rings. The first kappa shape index (κ1) is 20.8. The molecular formula is C22H21N3O5S. The molecule has 0 amide bonds. The Hall–Kier alpha value is -3.43. The smallest absolute Gasteiger partial charge is 0.243 e. The minimum absolute atomic E-state index is 0.0253. The van der Waals surface area contributed by atoms with Crippen molar-refractivity contribution < 1.29 is 22.1 Å². The molecule has 31 heavy (non-hydrogen) atoms. The Morgan fingerprint density at radius 2 is 1.74 bits per heavy atom. The van der Waals surface area contributed by atoms with Crippen LogP contribution in [-0.4, -0.2) is 29.5 Å². The van der Waals surface area contributed by atoms with Crippen molar-refractivity contribution in [3.8, 4) is 17.1 Å². The number of nitrogens with zero attached hydrogens (tertiary/aromatic N) is 3. The highest BCUT2D eigenvalue weighted by Gasteiger charge is 2.28. The molecule has 160 valence electrons. The van der Waals surface area contributed by atoms with Gasteiger partial charge < -0.3 is 13.7 Å². The molecule has 0 unspecified atom stereocenters. The maximum absolute atomic E-state index is 13.3. The van der Waals surface area contributed by atoms with Crippen molar-refractivity contribution >= 4 is 10.0 Å². The summed E-state index contributed by atoms with van der Waals surface area (Å²) in [5.74, 6) is 1.61. The van der Waals surface area contributed by atoms with Crippen LogP contribution in [0.3, 0.4) is 0 Å². The van der Waals surface area contributed by atoms with E-state index in [-0.39, 0.29) is 23.9 Å². The van der Waals surface area contributed by atoms with E-state index in [1.807, 2.05) is 31.2 Å². The Morgan fingerprint density at radius 3 is 2.48 bits per heavy atom. The van der Waals surface area contributed by atoms with E-state index < -0.39 is 10.0 Å². The lowest BCUT2D eigenvalue weighted by Crippen LogP contribution is -2.30. The summed E-state index contributed by atoms with van der Waals surface area (Å²) < 4.78 is 44.1. The average molecular weight is 439 g/mol. The van der Waals surface area contributed by atoms with Crippen LogP contribution in [0.15, 0.2) is 86.8 Å². The number of para-hydroxylation sites is 1. The van der Waals surface area contributed by atoms with Crippen molar-refractivity contribution in [2.24, 2.45) is 0 Å². The second-order valence-corrected chi connectivity index (χ2v) is 8.54. The molecule has 0 atom stereocenters. The van der Waals surface area contributed by atoms with Gasteiger partial charge in [-0.05, 0) is 43.3 Å². The predicted molar refractivity (Wildman–Crippen MR) is 112 cm³/mol. The highest BCUT2D eigenvalue weighted by molar-refractivity contribution is 7.89. The van der Waals surface area contributed by atoms with Crippen LogP contribution in [0.1, 0.15) is 18.6 Å². The molecular weight excluding hydrogens is 418 g/mol. The summed E-state index contributed by atoms with van der Waals surface area (Å²) in [6.07, 6.45) is 1.50. The zero-order chi connectivity index (χ0) is 21.7. The number of aromatic nitrogens is 2. The van der Waals surface area contributed by atoms with Crippen molar-refractivity contribution in [1.82, 2.24) is 14.4 Å². The fourth-order valence-electron chi connectivity index (χ4n) is 3.06. The number of hydrogen-bond donors (Lipinski definition) is 0. The molecule has 9 heteroatoms. The van der Waals surface area contributed by atoms with E-state index in [9.17, 15) is 8.42 Å². The van der Waals surface area contributed by atoms with Crippen molar-refractivity contribution in [2.75, 3.05) is 6.61 Å². The van der Waals surface area contributed by atoms with Crippen molar-refractivity contribution in [2.45, 2.75) is 24.9 Å². The predicted octanol–water partition coefficient (Wildman–Crippen LogP) is 4.12. The SMILES string of the molecule is CCOc1ccccc1-c1noc(CN(Cc2ccco2)S(=O)(=O)c2ccccc2)n1. The summed E-state index contributed by atoms with van der Waals surface area (Å²) in [5.41, 5.74) is 0.669. The first-order valence-corrected chi connectivity index (χ1v) is 11.1. The molecule has 0 radical (unpaired) electrons. The number of sulfonamides is 1. The molecule has 0 aliphatic rings. The van der Waals surface area contributed by atoms with Crippen molar-refractivity contribution in [1.29, 1.82) is 0 Å². The van der Waals surface area contributed by atoms with Gasteiger partial charge in [-0.2, -0.15) is 9.29 Å². The Balaban J connectivity index is 1.64. The van der Waals surface area contributed by atoms with Crippen LogP contribution in [0, 0.1) is 0 Å². The normalized spacial score (nSPS) is 11.7. The van der Waals surface area contributed by atoms with E-state index in [1.165, 1.54) is 10.6 Å². The van der Waals surface area contributed by atoms with E-state index in [4.69, 9.17) is 13.7 Å². The summed E-state index contributed by atoms with van der Waals surface area (Å²) in [5, 5.41) is 4.02. The average Bonchev–Trinajstić information content (AvgIpc) is 3.47. The Kier molecular flexibility index (Phi) is 6.15. The molecule has 0 aliphatic carbocycles. The van der Waals surface area contributed by atoms with Gasteiger partial charge in [-0.1, -0.05) is 35.5 Å². The fourth-order valence-corrected chi connectivity index (χ4v) is 4.43. The topological polar surface area (TPSA) is 98.7 Å². The summed E-state index contributed by atoms with van der Waals surface area (Å²) in [6, 6.07) is 19.0. The molecule has 4 rings (SSSR count). The lowest BCUT2D eigenvalue weighted by atomic mass is 10.2. The molecule has 0 N–H and O–H groups in total. The van der Waals surface area contributed by atoms with Crippen LogP contribution in [0.4, 0.5) is 0 Å². The lowest BCUT2D eigenvalue weighted by Gasteiger charge is -2.19. The molecule has 0 spiro atoms. The Labute approximate surface area is 180 Å². The highest BCUT2D eigenvalue weighted by atomic mass is 32.2. The standard InChI is InChI=1S/C22H21N3O5S/c1-2-28-20-13-7-6-12-19(20)22-23-21(30-24-22)16-25(15-17-9-8-14-29-17)31(26,27)18-10-4-3-5-11-18/h3-14H,2,15-16H2,1H3. The fraction of sp³-hybridized carbons (Fsp3) is 0.182. The van der Waals surface area contributed by atoms with Crippen LogP contribution < -0.4 is 4.74 Å². The maximum Gasteiger partial charge on any atom is 0.243 e. The van der Waals surface area contributed by atoms with Crippen LogP contribution in [0.5, 0.6) is 5.75 Å². The molecule has 2 heterocycles. The van der Waals surface area contributed by atoms with Gasteiger partial charge in [0.15, 0.2) is 0 Å². The first-order chi connectivity index (χ1) is 15.1. The van der Waals surface area contributed by atoms with Gasteiger partial charge in [-0.25, -0.2) is 8.42 Å². The zero-order valence-electron chi connectivity index (χ0n) is 16.8. The number of hydrogen-bond acceptors (Lipinski definition) is 7. The maximum atomic E-state index is 13.3. The van der Waals surface area contributed by atoms with Crippen LogP contribution in [0.2, 0.25) is 0 Å². The van der Waals surface area contributed by atoms with E-state index in [2.05, 4.69) is 10.1 Å². The molecule has 0 saturated carbocycles. The van der Waals surface area contributed by atoms with E-state index >= 15 is 0 Å². The highest BCUT2D eigenvalue weighted by Crippen LogP contribution is 2.28. The quantitative estimate of drug-likeness (QED) is 0.387. The molecule has 0 bridgehead atoms. The van der Waals surface area contributed by atoms with Crippen molar-refractivity contribution in [3.05, 3.63) is 84.6 Å². The number of benzene rings is 2. The molecule has 2 aromatic carbocycles.